The Kier molecular flexibility index (Phi) is 4.91. The van der Waals surface area contributed by atoms with Crippen molar-refractivity contribution in [2.75, 3.05) is 24.6 Å². The highest BCUT2D eigenvalue weighted by atomic mass is 16.5. The van der Waals surface area contributed by atoms with E-state index in [-0.39, 0.29) is 0 Å². The molecule has 4 rings (SSSR count). The minimum Gasteiger partial charge on any atom is -0.477 e. The van der Waals surface area contributed by atoms with Crippen LogP contribution in [0.2, 0.25) is 0 Å². The predicted molar refractivity (Wildman–Crippen MR) is 109 cm³/mol. The SMILES string of the molecule is Cc1cc(N2CCC(COc3nc(C)nc(C)c3C)CC2)n2nc(C)cc2n1. The second-order valence-corrected chi connectivity index (χ2v) is 7.84. The molecule has 0 aliphatic carbocycles. The maximum absolute atomic E-state index is 6.07. The summed E-state index contributed by atoms with van der Waals surface area (Å²) in [5.74, 6) is 3.15. The molecule has 7 heteroatoms. The Morgan fingerprint density at radius 2 is 1.71 bits per heavy atom. The van der Waals surface area contributed by atoms with Crippen LogP contribution in [0.4, 0.5) is 5.82 Å². The zero-order valence-corrected chi connectivity index (χ0v) is 17.4. The van der Waals surface area contributed by atoms with Crippen molar-refractivity contribution in [3.63, 3.8) is 0 Å². The standard InChI is InChI=1S/C21H28N6O/c1-13-11-20(27-19(22-13)10-14(2)25-27)26-8-6-18(7-9-26)12-28-21-15(3)16(4)23-17(5)24-21/h10-11,18H,6-9,12H2,1-5H3. The van der Waals surface area contributed by atoms with Crippen LogP contribution in [0.15, 0.2) is 12.1 Å². The van der Waals surface area contributed by atoms with Gasteiger partial charge in [0.05, 0.1) is 12.3 Å². The van der Waals surface area contributed by atoms with Gasteiger partial charge in [-0.3, -0.25) is 0 Å². The number of fused-ring (bicyclic) bond motifs is 1. The van der Waals surface area contributed by atoms with Crippen LogP contribution < -0.4 is 9.64 Å². The van der Waals surface area contributed by atoms with E-state index >= 15 is 0 Å². The zero-order valence-electron chi connectivity index (χ0n) is 17.4. The van der Waals surface area contributed by atoms with E-state index in [2.05, 4.69) is 31.0 Å². The highest BCUT2D eigenvalue weighted by Gasteiger charge is 2.23. The number of aromatic nitrogens is 5. The third-order valence-electron chi connectivity index (χ3n) is 5.51. The van der Waals surface area contributed by atoms with E-state index in [4.69, 9.17) is 4.74 Å². The molecule has 1 fully saturated rings. The fourth-order valence-electron chi connectivity index (χ4n) is 3.82. The zero-order chi connectivity index (χ0) is 19.8. The number of piperidine rings is 1. The van der Waals surface area contributed by atoms with E-state index in [0.717, 1.165) is 71.7 Å². The number of nitrogens with zero attached hydrogens (tertiary/aromatic N) is 6. The lowest BCUT2D eigenvalue weighted by atomic mass is 9.98. The molecule has 0 spiro atoms. The van der Waals surface area contributed by atoms with Crippen LogP contribution in [0.25, 0.3) is 5.65 Å². The molecular formula is C21H28N6O. The van der Waals surface area contributed by atoms with Crippen LogP contribution in [-0.4, -0.2) is 44.3 Å². The van der Waals surface area contributed by atoms with Gasteiger partial charge in [0.2, 0.25) is 5.88 Å². The van der Waals surface area contributed by atoms with Gasteiger partial charge >= 0.3 is 0 Å². The van der Waals surface area contributed by atoms with Gasteiger partial charge in [0.15, 0.2) is 5.65 Å². The molecule has 0 unspecified atom stereocenters. The summed E-state index contributed by atoms with van der Waals surface area (Å²) in [7, 11) is 0. The van der Waals surface area contributed by atoms with E-state index in [0.29, 0.717) is 12.5 Å². The number of rotatable bonds is 4. The van der Waals surface area contributed by atoms with Crippen LogP contribution in [0.5, 0.6) is 5.88 Å². The molecule has 0 aromatic carbocycles. The first-order chi connectivity index (χ1) is 13.4. The van der Waals surface area contributed by atoms with Gasteiger partial charge in [-0.05, 0) is 53.4 Å². The summed E-state index contributed by atoms with van der Waals surface area (Å²) in [6, 6.07) is 4.16. The number of aryl methyl sites for hydroxylation is 4. The van der Waals surface area contributed by atoms with Crippen LogP contribution >= 0.6 is 0 Å². The van der Waals surface area contributed by atoms with Crippen LogP contribution in [0.3, 0.4) is 0 Å². The van der Waals surface area contributed by atoms with Crippen molar-refractivity contribution in [2.45, 2.75) is 47.5 Å². The molecule has 1 aliphatic rings. The summed E-state index contributed by atoms with van der Waals surface area (Å²) in [4.78, 5) is 15.9. The molecule has 28 heavy (non-hydrogen) atoms. The summed E-state index contributed by atoms with van der Waals surface area (Å²) >= 11 is 0. The average Bonchev–Trinajstić information content (AvgIpc) is 3.03. The van der Waals surface area contributed by atoms with Crippen molar-refractivity contribution in [3.8, 4) is 5.88 Å². The van der Waals surface area contributed by atoms with Gasteiger partial charge in [-0.25, -0.2) is 9.97 Å². The molecule has 4 heterocycles. The molecule has 0 radical (unpaired) electrons. The van der Waals surface area contributed by atoms with E-state index in [1.54, 1.807) is 0 Å². The molecule has 1 saturated heterocycles. The first-order valence-electron chi connectivity index (χ1n) is 9.94. The van der Waals surface area contributed by atoms with Crippen molar-refractivity contribution in [3.05, 3.63) is 40.6 Å². The topological polar surface area (TPSA) is 68.4 Å². The second kappa shape index (κ2) is 7.37. The minimum absolute atomic E-state index is 0.531. The highest BCUT2D eigenvalue weighted by molar-refractivity contribution is 5.52. The minimum atomic E-state index is 0.531. The summed E-state index contributed by atoms with van der Waals surface area (Å²) in [5, 5.41) is 4.62. The van der Waals surface area contributed by atoms with Gasteiger partial charge in [-0.2, -0.15) is 14.6 Å². The predicted octanol–water partition coefficient (Wildman–Crippen LogP) is 3.36. The Bertz CT molecular complexity index is 1000. The molecule has 1 aliphatic heterocycles. The Balaban J connectivity index is 1.42. The average molecular weight is 380 g/mol. The lowest BCUT2D eigenvalue weighted by molar-refractivity contribution is 0.213. The number of anilines is 1. The lowest BCUT2D eigenvalue weighted by Gasteiger charge is -2.33. The molecule has 0 amide bonds. The van der Waals surface area contributed by atoms with Crippen molar-refractivity contribution >= 4 is 11.5 Å². The molecular weight excluding hydrogens is 352 g/mol. The van der Waals surface area contributed by atoms with Crippen molar-refractivity contribution in [1.29, 1.82) is 0 Å². The fourth-order valence-corrected chi connectivity index (χ4v) is 3.82. The van der Waals surface area contributed by atoms with Crippen molar-refractivity contribution in [1.82, 2.24) is 24.6 Å². The molecule has 148 valence electrons. The maximum Gasteiger partial charge on any atom is 0.219 e. The largest absolute Gasteiger partial charge is 0.477 e. The van der Waals surface area contributed by atoms with Gasteiger partial charge in [0, 0.05) is 42.2 Å². The van der Waals surface area contributed by atoms with Gasteiger partial charge in [0.25, 0.3) is 0 Å². The third-order valence-corrected chi connectivity index (χ3v) is 5.51. The Morgan fingerprint density at radius 3 is 2.46 bits per heavy atom. The normalized spacial score (nSPS) is 15.4. The van der Waals surface area contributed by atoms with E-state index < -0.39 is 0 Å². The Morgan fingerprint density at radius 1 is 0.964 bits per heavy atom. The third kappa shape index (κ3) is 3.66. The molecule has 3 aromatic rings. The fraction of sp³-hybridized carbons (Fsp3) is 0.524. The highest BCUT2D eigenvalue weighted by Crippen LogP contribution is 2.26. The number of hydrogen-bond acceptors (Lipinski definition) is 6. The van der Waals surface area contributed by atoms with Gasteiger partial charge in [-0.15, -0.1) is 0 Å². The van der Waals surface area contributed by atoms with E-state index in [1.807, 2.05) is 45.2 Å². The van der Waals surface area contributed by atoms with Crippen LogP contribution in [-0.2, 0) is 0 Å². The first kappa shape index (κ1) is 18.7. The summed E-state index contributed by atoms with van der Waals surface area (Å²) in [5.41, 5.74) is 4.96. The quantitative estimate of drug-likeness (QED) is 0.691. The van der Waals surface area contributed by atoms with Gasteiger partial charge < -0.3 is 9.64 Å². The molecule has 7 nitrogen and oxygen atoms in total. The maximum atomic E-state index is 6.07. The second-order valence-electron chi connectivity index (χ2n) is 7.84. The number of hydrogen-bond donors (Lipinski definition) is 0. The summed E-state index contributed by atoms with van der Waals surface area (Å²) < 4.78 is 8.04. The molecule has 3 aromatic heterocycles. The van der Waals surface area contributed by atoms with Crippen molar-refractivity contribution < 1.29 is 4.74 Å². The van der Waals surface area contributed by atoms with E-state index in [1.165, 1.54) is 0 Å². The van der Waals surface area contributed by atoms with Crippen LogP contribution in [0.1, 0.15) is 41.3 Å². The van der Waals surface area contributed by atoms with Crippen LogP contribution in [0, 0.1) is 40.5 Å². The van der Waals surface area contributed by atoms with Gasteiger partial charge in [0.1, 0.15) is 11.6 Å². The van der Waals surface area contributed by atoms with E-state index in [9.17, 15) is 0 Å². The Labute approximate surface area is 165 Å². The summed E-state index contributed by atoms with van der Waals surface area (Å²) in [6.07, 6.45) is 2.18. The smallest absolute Gasteiger partial charge is 0.219 e. The van der Waals surface area contributed by atoms with Crippen molar-refractivity contribution in [2.24, 2.45) is 5.92 Å². The number of ether oxygens (including phenoxy) is 1. The molecule has 0 N–H and O–H groups in total. The summed E-state index contributed by atoms with van der Waals surface area (Å²) in [6.45, 7) is 12.7. The lowest BCUT2D eigenvalue weighted by Crippen LogP contribution is -2.36. The first-order valence-corrected chi connectivity index (χ1v) is 9.94. The molecule has 0 atom stereocenters. The van der Waals surface area contributed by atoms with Gasteiger partial charge in [-0.1, -0.05) is 0 Å². The molecule has 0 bridgehead atoms. The molecule has 0 saturated carbocycles. The monoisotopic (exact) mass is 380 g/mol. The Hall–Kier alpha value is -2.70.